The molecule has 1 saturated carbocycles. The molecule has 0 bridgehead atoms. The monoisotopic (exact) mass is 280 g/mol. The molecule has 0 saturated heterocycles. The molecule has 3 nitrogen and oxygen atoms in total. The lowest BCUT2D eigenvalue weighted by molar-refractivity contribution is -0.124. The Labute approximate surface area is 116 Å². The van der Waals surface area contributed by atoms with E-state index in [4.69, 9.17) is 11.6 Å². The Morgan fingerprint density at radius 2 is 2.00 bits per heavy atom. The van der Waals surface area contributed by atoms with Crippen molar-refractivity contribution in [2.45, 2.75) is 32.1 Å². The summed E-state index contributed by atoms with van der Waals surface area (Å²) >= 11 is 5.73. The summed E-state index contributed by atoms with van der Waals surface area (Å²) in [6.45, 7) is 0. The van der Waals surface area contributed by atoms with Crippen molar-refractivity contribution < 1.29 is 9.18 Å². The molecule has 0 unspecified atom stereocenters. The van der Waals surface area contributed by atoms with Gasteiger partial charge in [-0.3, -0.25) is 4.79 Å². The van der Waals surface area contributed by atoms with Gasteiger partial charge in [-0.2, -0.15) is 5.26 Å². The van der Waals surface area contributed by atoms with Crippen LogP contribution in [-0.4, -0.2) is 5.91 Å². The van der Waals surface area contributed by atoms with Crippen LogP contribution in [-0.2, 0) is 4.79 Å². The van der Waals surface area contributed by atoms with Crippen molar-refractivity contribution in [3.05, 3.63) is 29.0 Å². The topological polar surface area (TPSA) is 52.9 Å². The van der Waals surface area contributed by atoms with E-state index in [0.717, 1.165) is 25.3 Å². The largest absolute Gasteiger partial charge is 0.325 e. The van der Waals surface area contributed by atoms with Gasteiger partial charge in [0.2, 0.25) is 5.91 Å². The fourth-order valence-electron chi connectivity index (χ4n) is 2.42. The molecule has 0 aliphatic heterocycles. The van der Waals surface area contributed by atoms with Crippen LogP contribution in [0.2, 0.25) is 5.02 Å². The van der Waals surface area contributed by atoms with Crippen LogP contribution in [0.3, 0.4) is 0 Å². The van der Waals surface area contributed by atoms with Crippen LogP contribution in [0.5, 0.6) is 0 Å². The standard InChI is InChI=1S/C14H14ClFN2O/c15-10-6-11(16)8-12(7-10)18-13(19)14(9-17)4-2-1-3-5-14/h6-8H,1-5H2,(H,18,19). The summed E-state index contributed by atoms with van der Waals surface area (Å²) in [6.07, 6.45) is 3.88. The summed E-state index contributed by atoms with van der Waals surface area (Å²) in [5.41, 5.74) is -0.702. The molecule has 0 spiro atoms. The maximum absolute atomic E-state index is 13.2. The second kappa shape index (κ2) is 5.58. The quantitative estimate of drug-likeness (QED) is 0.893. The molecule has 1 aliphatic rings. The van der Waals surface area contributed by atoms with Crippen molar-refractivity contribution in [1.82, 2.24) is 0 Å². The zero-order chi connectivity index (χ0) is 13.9. The third-order valence-electron chi connectivity index (χ3n) is 3.48. The second-order valence-corrected chi connectivity index (χ2v) is 5.30. The predicted molar refractivity (Wildman–Crippen MR) is 71.2 cm³/mol. The minimum Gasteiger partial charge on any atom is -0.325 e. The molecule has 2 rings (SSSR count). The van der Waals surface area contributed by atoms with E-state index in [1.54, 1.807) is 0 Å². The average molecular weight is 281 g/mol. The Balaban J connectivity index is 2.18. The van der Waals surface area contributed by atoms with Crippen molar-refractivity contribution in [3.63, 3.8) is 0 Å². The van der Waals surface area contributed by atoms with Crippen molar-refractivity contribution in [1.29, 1.82) is 5.26 Å². The number of halogens is 2. The smallest absolute Gasteiger partial charge is 0.244 e. The molecule has 1 fully saturated rings. The summed E-state index contributed by atoms with van der Waals surface area (Å²) in [6, 6.07) is 5.95. The van der Waals surface area contributed by atoms with Gasteiger partial charge < -0.3 is 5.32 Å². The van der Waals surface area contributed by atoms with E-state index in [-0.39, 0.29) is 16.6 Å². The number of hydrogen-bond donors (Lipinski definition) is 1. The highest BCUT2D eigenvalue weighted by Gasteiger charge is 2.39. The first kappa shape index (κ1) is 13.8. The van der Waals surface area contributed by atoms with E-state index in [2.05, 4.69) is 11.4 Å². The van der Waals surface area contributed by atoms with E-state index in [1.807, 2.05) is 0 Å². The molecule has 1 aromatic rings. The number of carbonyl (C=O) groups is 1. The normalized spacial score (nSPS) is 17.5. The minimum atomic E-state index is -0.989. The van der Waals surface area contributed by atoms with Gasteiger partial charge in [-0.05, 0) is 31.0 Å². The average Bonchev–Trinajstić information content (AvgIpc) is 2.38. The van der Waals surface area contributed by atoms with Gasteiger partial charge in [0.25, 0.3) is 0 Å². The number of nitrogens with zero attached hydrogens (tertiary/aromatic N) is 1. The Kier molecular flexibility index (Phi) is 4.06. The number of benzene rings is 1. The number of amides is 1. The molecule has 1 amide bonds. The molecule has 0 radical (unpaired) electrons. The highest BCUT2D eigenvalue weighted by Crippen LogP contribution is 2.36. The Bertz CT molecular complexity index is 512. The fraction of sp³-hybridized carbons (Fsp3) is 0.429. The van der Waals surface area contributed by atoms with Crippen LogP contribution in [0.15, 0.2) is 18.2 Å². The van der Waals surface area contributed by atoms with Crippen molar-refractivity contribution in [3.8, 4) is 6.07 Å². The van der Waals surface area contributed by atoms with Crippen molar-refractivity contribution >= 4 is 23.2 Å². The maximum atomic E-state index is 13.2. The molecule has 19 heavy (non-hydrogen) atoms. The molecule has 0 aromatic heterocycles. The van der Waals surface area contributed by atoms with E-state index in [1.165, 1.54) is 12.1 Å². The van der Waals surface area contributed by atoms with Gasteiger partial charge >= 0.3 is 0 Å². The summed E-state index contributed by atoms with van der Waals surface area (Å²) in [4.78, 5) is 12.2. The highest BCUT2D eigenvalue weighted by molar-refractivity contribution is 6.30. The third-order valence-corrected chi connectivity index (χ3v) is 3.69. The first-order valence-electron chi connectivity index (χ1n) is 6.24. The number of anilines is 1. The molecular weight excluding hydrogens is 267 g/mol. The van der Waals surface area contributed by atoms with Gasteiger partial charge in [-0.25, -0.2) is 4.39 Å². The number of nitrogens with one attached hydrogen (secondary N) is 1. The summed E-state index contributed by atoms with van der Waals surface area (Å²) in [5.74, 6) is -0.881. The van der Waals surface area contributed by atoms with Crippen LogP contribution in [0.1, 0.15) is 32.1 Å². The van der Waals surface area contributed by atoms with E-state index in [0.29, 0.717) is 12.8 Å². The van der Waals surface area contributed by atoms with Gasteiger partial charge in [0, 0.05) is 10.7 Å². The first-order valence-corrected chi connectivity index (χ1v) is 6.62. The zero-order valence-electron chi connectivity index (χ0n) is 10.4. The lowest BCUT2D eigenvalue weighted by Crippen LogP contribution is -2.36. The van der Waals surface area contributed by atoms with Gasteiger partial charge in [-0.15, -0.1) is 0 Å². The number of carbonyl (C=O) groups excluding carboxylic acids is 1. The van der Waals surface area contributed by atoms with Gasteiger partial charge in [-0.1, -0.05) is 30.9 Å². The summed E-state index contributed by atoms with van der Waals surface area (Å²) in [7, 11) is 0. The van der Waals surface area contributed by atoms with Crippen LogP contribution in [0.25, 0.3) is 0 Å². The van der Waals surface area contributed by atoms with E-state index in [9.17, 15) is 14.4 Å². The molecule has 1 N–H and O–H groups in total. The summed E-state index contributed by atoms with van der Waals surface area (Å²) in [5, 5.41) is 12.1. The van der Waals surface area contributed by atoms with Crippen molar-refractivity contribution in [2.24, 2.45) is 5.41 Å². The fourth-order valence-corrected chi connectivity index (χ4v) is 2.64. The Hall–Kier alpha value is -1.60. The molecule has 0 heterocycles. The maximum Gasteiger partial charge on any atom is 0.244 e. The zero-order valence-corrected chi connectivity index (χ0v) is 11.1. The minimum absolute atomic E-state index is 0.213. The molecule has 1 aromatic carbocycles. The molecular formula is C14H14ClFN2O. The third kappa shape index (κ3) is 3.05. The van der Waals surface area contributed by atoms with Crippen LogP contribution < -0.4 is 5.32 Å². The summed E-state index contributed by atoms with van der Waals surface area (Å²) < 4.78 is 13.2. The first-order chi connectivity index (χ1) is 9.05. The van der Waals surface area contributed by atoms with Gasteiger partial charge in [0.1, 0.15) is 11.2 Å². The van der Waals surface area contributed by atoms with Gasteiger partial charge in [0.15, 0.2) is 0 Å². The number of rotatable bonds is 2. The van der Waals surface area contributed by atoms with Crippen LogP contribution >= 0.6 is 11.6 Å². The molecule has 0 atom stereocenters. The molecule has 1 aliphatic carbocycles. The second-order valence-electron chi connectivity index (χ2n) is 4.87. The van der Waals surface area contributed by atoms with E-state index < -0.39 is 11.2 Å². The molecule has 100 valence electrons. The number of hydrogen-bond acceptors (Lipinski definition) is 2. The Morgan fingerprint density at radius 1 is 1.32 bits per heavy atom. The highest BCUT2D eigenvalue weighted by atomic mass is 35.5. The Morgan fingerprint density at radius 3 is 2.58 bits per heavy atom. The van der Waals surface area contributed by atoms with Gasteiger partial charge in [0.05, 0.1) is 6.07 Å². The van der Waals surface area contributed by atoms with Crippen molar-refractivity contribution in [2.75, 3.05) is 5.32 Å². The van der Waals surface area contributed by atoms with Crippen LogP contribution in [0.4, 0.5) is 10.1 Å². The lowest BCUT2D eigenvalue weighted by Gasteiger charge is -2.29. The lowest BCUT2D eigenvalue weighted by atomic mass is 9.74. The van der Waals surface area contributed by atoms with E-state index >= 15 is 0 Å². The SMILES string of the molecule is N#CC1(C(=O)Nc2cc(F)cc(Cl)c2)CCCCC1. The van der Waals surface area contributed by atoms with Crippen LogP contribution in [0, 0.1) is 22.6 Å². The predicted octanol–water partition coefficient (Wildman–Crippen LogP) is 3.89. The number of nitriles is 1. The molecule has 5 heteroatoms.